The lowest BCUT2D eigenvalue weighted by Gasteiger charge is -2.23. The van der Waals surface area contributed by atoms with E-state index in [0.29, 0.717) is 52.0 Å². The topological polar surface area (TPSA) is 137 Å². The molecular weight excluding hydrogens is 469 g/mol. The zero-order valence-electron chi connectivity index (χ0n) is 22.3. The standard InChI is InChI=1S/C22H42N5O5P.C2H6/c1-4-8-19(29)26-14-16-27(15-13-25-18(28)5-2)21(31)11-10-20(30)24-12-7-6-9-17(23-3)22(32)33;1-2/h17,23H,4-16,33H2,1-3H3,(H,24,30)(H,25,28)(H,26,29);1-2H3. The van der Waals surface area contributed by atoms with Crippen molar-refractivity contribution in [2.24, 2.45) is 0 Å². The first kappa shape index (κ1) is 35.1. The van der Waals surface area contributed by atoms with Crippen LogP contribution in [0, 0.1) is 0 Å². The van der Waals surface area contributed by atoms with Crippen LogP contribution in [0.15, 0.2) is 0 Å². The van der Waals surface area contributed by atoms with Gasteiger partial charge in [-0.3, -0.25) is 24.0 Å². The van der Waals surface area contributed by atoms with E-state index in [1.165, 1.54) is 0 Å². The van der Waals surface area contributed by atoms with Crippen LogP contribution in [0.4, 0.5) is 0 Å². The van der Waals surface area contributed by atoms with Crippen molar-refractivity contribution >= 4 is 38.4 Å². The second kappa shape index (κ2) is 23.7. The van der Waals surface area contributed by atoms with E-state index in [4.69, 9.17) is 0 Å². The summed E-state index contributed by atoms with van der Waals surface area (Å²) in [7, 11) is 3.92. The summed E-state index contributed by atoms with van der Waals surface area (Å²) in [6.07, 6.45) is 3.92. The Bertz CT molecular complexity index is 633. The molecule has 0 saturated carbocycles. The monoisotopic (exact) mass is 517 g/mol. The molecule has 0 aromatic carbocycles. The molecule has 0 fully saturated rings. The lowest BCUT2D eigenvalue weighted by Crippen LogP contribution is -2.43. The number of carbonyl (C=O) groups excluding carboxylic acids is 5. The molecule has 2 unspecified atom stereocenters. The second-order valence-corrected chi connectivity index (χ2v) is 8.34. The lowest BCUT2D eigenvalue weighted by molar-refractivity contribution is -0.134. The van der Waals surface area contributed by atoms with Crippen LogP contribution in [0.5, 0.6) is 0 Å². The molecule has 0 rings (SSSR count). The molecule has 10 nitrogen and oxygen atoms in total. The zero-order chi connectivity index (χ0) is 27.1. The van der Waals surface area contributed by atoms with Gasteiger partial charge in [0.05, 0.1) is 6.04 Å². The van der Waals surface area contributed by atoms with Crippen LogP contribution in [0.25, 0.3) is 0 Å². The van der Waals surface area contributed by atoms with Crippen molar-refractivity contribution in [1.82, 2.24) is 26.2 Å². The van der Waals surface area contributed by atoms with E-state index < -0.39 is 0 Å². The van der Waals surface area contributed by atoms with Crippen molar-refractivity contribution < 1.29 is 24.0 Å². The summed E-state index contributed by atoms with van der Waals surface area (Å²) in [4.78, 5) is 60.7. The van der Waals surface area contributed by atoms with E-state index in [9.17, 15) is 24.0 Å². The molecule has 4 N–H and O–H groups in total. The highest BCUT2D eigenvalue weighted by Gasteiger charge is 2.16. The minimum atomic E-state index is -0.203. The molecule has 204 valence electrons. The highest BCUT2D eigenvalue weighted by atomic mass is 31.0. The summed E-state index contributed by atoms with van der Waals surface area (Å²) in [5.41, 5.74) is 0.0174. The third-order valence-corrected chi connectivity index (χ3v) is 5.46. The SMILES string of the molecule is CC.CCCC(=O)NCCN(CCNC(=O)CC)C(=O)CCC(=O)NCCCCC(NC)C(=O)P. The largest absolute Gasteiger partial charge is 0.356 e. The van der Waals surface area contributed by atoms with Gasteiger partial charge in [0.25, 0.3) is 0 Å². The van der Waals surface area contributed by atoms with Gasteiger partial charge in [0.15, 0.2) is 5.52 Å². The quantitative estimate of drug-likeness (QED) is 0.151. The number of amides is 4. The fraction of sp³-hybridized carbons (Fsp3) is 0.792. The predicted molar refractivity (Wildman–Crippen MR) is 143 cm³/mol. The van der Waals surface area contributed by atoms with E-state index in [2.05, 4.69) is 30.5 Å². The Hall–Kier alpha value is -2.06. The average Bonchev–Trinajstić information content (AvgIpc) is 2.84. The Morgan fingerprint density at radius 1 is 0.771 bits per heavy atom. The summed E-state index contributed by atoms with van der Waals surface area (Å²) in [5, 5.41) is 11.3. The number of nitrogens with zero attached hydrogens (tertiary/aromatic N) is 1. The molecule has 2 atom stereocenters. The second-order valence-electron chi connectivity index (χ2n) is 7.77. The summed E-state index contributed by atoms with van der Waals surface area (Å²) in [5.74, 6) is -0.560. The van der Waals surface area contributed by atoms with E-state index in [1.54, 1.807) is 18.9 Å². The number of nitrogens with one attached hydrogen (secondary N) is 4. The van der Waals surface area contributed by atoms with Crippen LogP contribution in [0.1, 0.15) is 79.1 Å². The number of hydrogen-bond donors (Lipinski definition) is 4. The van der Waals surface area contributed by atoms with Crippen LogP contribution < -0.4 is 21.3 Å². The van der Waals surface area contributed by atoms with Crippen molar-refractivity contribution in [2.75, 3.05) is 39.8 Å². The van der Waals surface area contributed by atoms with Crippen LogP contribution in [0.2, 0.25) is 0 Å². The Morgan fingerprint density at radius 2 is 1.31 bits per heavy atom. The van der Waals surface area contributed by atoms with Crippen molar-refractivity contribution in [3.05, 3.63) is 0 Å². The maximum Gasteiger partial charge on any atom is 0.223 e. The third kappa shape index (κ3) is 19.9. The lowest BCUT2D eigenvalue weighted by atomic mass is 10.1. The fourth-order valence-electron chi connectivity index (χ4n) is 3.06. The number of carbonyl (C=O) groups is 5. The van der Waals surface area contributed by atoms with Gasteiger partial charge in [0, 0.05) is 58.4 Å². The maximum absolute atomic E-state index is 12.6. The molecule has 0 aromatic rings. The number of likely N-dealkylation sites (N-methyl/N-ethyl adjacent to an activating group) is 1. The number of hydrogen-bond acceptors (Lipinski definition) is 6. The maximum atomic E-state index is 12.6. The van der Waals surface area contributed by atoms with Gasteiger partial charge in [0.2, 0.25) is 23.6 Å². The predicted octanol–water partition coefficient (Wildman–Crippen LogP) is 1.34. The van der Waals surface area contributed by atoms with Crippen LogP contribution in [0.3, 0.4) is 0 Å². The van der Waals surface area contributed by atoms with Crippen LogP contribution in [-0.2, 0) is 24.0 Å². The summed E-state index contributed by atoms with van der Waals surface area (Å²) >= 11 is 0. The molecule has 0 spiro atoms. The molecule has 11 heteroatoms. The fourth-order valence-corrected chi connectivity index (χ4v) is 3.39. The molecule has 0 saturated heterocycles. The van der Waals surface area contributed by atoms with Gasteiger partial charge in [0.1, 0.15) is 0 Å². The minimum Gasteiger partial charge on any atom is -0.356 e. The zero-order valence-corrected chi connectivity index (χ0v) is 23.5. The molecule has 0 bridgehead atoms. The van der Waals surface area contributed by atoms with Crippen LogP contribution >= 0.6 is 9.24 Å². The highest BCUT2D eigenvalue weighted by molar-refractivity contribution is 7.40. The van der Waals surface area contributed by atoms with Gasteiger partial charge in [-0.1, -0.05) is 36.9 Å². The molecule has 0 heterocycles. The molecular formula is C24H48N5O5P. The first-order valence-electron chi connectivity index (χ1n) is 12.8. The summed E-state index contributed by atoms with van der Waals surface area (Å²) in [6.45, 7) is 9.44. The molecule has 4 amide bonds. The Morgan fingerprint density at radius 3 is 1.83 bits per heavy atom. The minimum absolute atomic E-state index is 0.0174. The Kier molecular flexibility index (Phi) is 23.7. The molecule has 0 aromatic heterocycles. The number of unbranched alkanes of at least 4 members (excludes halogenated alkanes) is 1. The van der Waals surface area contributed by atoms with E-state index in [0.717, 1.165) is 19.3 Å². The smallest absolute Gasteiger partial charge is 0.223 e. The molecule has 0 aliphatic rings. The van der Waals surface area contributed by atoms with E-state index in [1.807, 2.05) is 20.8 Å². The Labute approximate surface area is 213 Å². The van der Waals surface area contributed by atoms with Crippen molar-refractivity contribution in [3.63, 3.8) is 0 Å². The van der Waals surface area contributed by atoms with Gasteiger partial charge in [-0.15, -0.1) is 0 Å². The first-order valence-corrected chi connectivity index (χ1v) is 13.4. The molecule has 0 aliphatic heterocycles. The van der Waals surface area contributed by atoms with Gasteiger partial charge >= 0.3 is 0 Å². The van der Waals surface area contributed by atoms with Crippen molar-refractivity contribution in [1.29, 1.82) is 0 Å². The van der Waals surface area contributed by atoms with E-state index >= 15 is 0 Å². The van der Waals surface area contributed by atoms with Gasteiger partial charge in [-0.05, 0) is 32.7 Å². The summed E-state index contributed by atoms with van der Waals surface area (Å²) in [6, 6.07) is -0.192. The molecule has 35 heavy (non-hydrogen) atoms. The normalized spacial score (nSPS) is 10.9. The Balaban J connectivity index is 0. The average molecular weight is 518 g/mol. The van der Waals surface area contributed by atoms with Gasteiger partial charge in [-0.2, -0.15) is 0 Å². The molecule has 0 radical (unpaired) electrons. The first-order chi connectivity index (χ1) is 16.7. The van der Waals surface area contributed by atoms with Crippen molar-refractivity contribution in [3.8, 4) is 0 Å². The van der Waals surface area contributed by atoms with E-state index in [-0.39, 0.29) is 48.0 Å². The van der Waals surface area contributed by atoms with Gasteiger partial charge in [-0.25, -0.2) is 0 Å². The molecule has 0 aliphatic carbocycles. The number of rotatable bonds is 19. The third-order valence-electron chi connectivity index (χ3n) is 5.06. The van der Waals surface area contributed by atoms with Gasteiger partial charge < -0.3 is 26.2 Å². The van der Waals surface area contributed by atoms with Crippen molar-refractivity contribution in [2.45, 2.75) is 85.1 Å². The summed E-state index contributed by atoms with van der Waals surface area (Å²) < 4.78 is 0. The van der Waals surface area contributed by atoms with Crippen LogP contribution in [-0.4, -0.2) is 79.9 Å². The highest BCUT2D eigenvalue weighted by Crippen LogP contribution is 2.05.